The van der Waals surface area contributed by atoms with Crippen molar-refractivity contribution in [2.45, 2.75) is 41.2 Å². The van der Waals surface area contributed by atoms with E-state index in [1.165, 1.54) is 0 Å². The predicted molar refractivity (Wildman–Crippen MR) is 73.6 cm³/mol. The summed E-state index contributed by atoms with van der Waals surface area (Å²) in [5.41, 5.74) is 0. The van der Waals surface area contributed by atoms with Gasteiger partial charge in [0.05, 0.1) is 6.54 Å². The largest absolute Gasteiger partial charge is 0.407 e. The molecule has 18 heavy (non-hydrogen) atoms. The average Bonchev–Trinajstić information content (AvgIpc) is 2.73. The second-order valence-electron chi connectivity index (χ2n) is 5.44. The van der Waals surface area contributed by atoms with Gasteiger partial charge in [-0.3, -0.25) is 0 Å². The van der Waals surface area contributed by atoms with Crippen molar-refractivity contribution >= 4 is 6.01 Å². The Morgan fingerprint density at radius 3 is 2.44 bits per heavy atom. The van der Waals surface area contributed by atoms with Gasteiger partial charge in [-0.15, -0.1) is 5.10 Å². The summed E-state index contributed by atoms with van der Waals surface area (Å²) in [7, 11) is 0. The second kappa shape index (κ2) is 7.36. The Morgan fingerprint density at radius 2 is 1.89 bits per heavy atom. The van der Waals surface area contributed by atoms with Gasteiger partial charge in [0.2, 0.25) is 5.89 Å². The normalized spacial score (nSPS) is 11.5. The highest BCUT2D eigenvalue weighted by Gasteiger charge is 2.13. The molecule has 0 bridgehead atoms. The Kier molecular flexibility index (Phi) is 6.12. The highest BCUT2D eigenvalue weighted by Crippen LogP contribution is 2.13. The van der Waals surface area contributed by atoms with Gasteiger partial charge in [-0.1, -0.05) is 32.8 Å². The van der Waals surface area contributed by atoms with Crippen LogP contribution >= 0.6 is 0 Å². The van der Waals surface area contributed by atoms with Crippen molar-refractivity contribution in [3.63, 3.8) is 0 Å². The summed E-state index contributed by atoms with van der Waals surface area (Å²) in [5.74, 6) is 1.87. The Hall–Kier alpha value is -1.10. The van der Waals surface area contributed by atoms with Gasteiger partial charge in [0.1, 0.15) is 0 Å². The quantitative estimate of drug-likeness (QED) is 0.771. The molecule has 0 spiro atoms. The maximum atomic E-state index is 5.66. The van der Waals surface area contributed by atoms with Crippen LogP contribution in [0.4, 0.5) is 6.01 Å². The third kappa shape index (κ3) is 5.04. The van der Waals surface area contributed by atoms with E-state index in [1.54, 1.807) is 0 Å². The van der Waals surface area contributed by atoms with E-state index in [4.69, 9.17) is 4.42 Å². The van der Waals surface area contributed by atoms with Gasteiger partial charge >= 0.3 is 6.01 Å². The zero-order valence-electron chi connectivity index (χ0n) is 12.2. The molecule has 0 fully saturated rings. The Bertz CT molecular complexity index is 335. The van der Waals surface area contributed by atoms with Crippen molar-refractivity contribution in [1.29, 1.82) is 0 Å². The van der Waals surface area contributed by atoms with Crippen LogP contribution in [0.2, 0.25) is 0 Å². The number of hydrogen-bond donors (Lipinski definition) is 1. The zero-order valence-corrected chi connectivity index (χ0v) is 12.2. The maximum absolute atomic E-state index is 5.66. The van der Waals surface area contributed by atoms with Gasteiger partial charge < -0.3 is 14.6 Å². The highest BCUT2D eigenvalue weighted by molar-refractivity contribution is 5.23. The molecule has 0 aromatic carbocycles. The number of nitrogens with one attached hydrogen (secondary N) is 1. The monoisotopic (exact) mass is 254 g/mol. The third-order valence-electron chi connectivity index (χ3n) is 2.52. The fourth-order valence-electron chi connectivity index (χ4n) is 1.69. The average molecular weight is 254 g/mol. The molecule has 0 saturated heterocycles. The maximum Gasteiger partial charge on any atom is 0.318 e. The first-order valence-electron chi connectivity index (χ1n) is 6.81. The lowest BCUT2D eigenvalue weighted by Crippen LogP contribution is -2.27. The van der Waals surface area contributed by atoms with Crippen LogP contribution in [-0.4, -0.2) is 29.8 Å². The highest BCUT2D eigenvalue weighted by atomic mass is 16.4. The van der Waals surface area contributed by atoms with E-state index in [9.17, 15) is 0 Å². The van der Waals surface area contributed by atoms with Crippen molar-refractivity contribution in [3.8, 4) is 0 Å². The molecule has 0 aliphatic rings. The van der Waals surface area contributed by atoms with Gasteiger partial charge in [-0.25, -0.2) is 0 Å². The molecule has 0 unspecified atom stereocenters. The van der Waals surface area contributed by atoms with Gasteiger partial charge in [-0.05, 0) is 25.3 Å². The van der Waals surface area contributed by atoms with Crippen LogP contribution in [0.25, 0.3) is 0 Å². The fourth-order valence-corrected chi connectivity index (χ4v) is 1.69. The molecule has 1 aromatic heterocycles. The Labute approximate surface area is 110 Å². The van der Waals surface area contributed by atoms with E-state index in [1.807, 2.05) is 0 Å². The molecular formula is C13H26N4O. The van der Waals surface area contributed by atoms with Gasteiger partial charge in [0.25, 0.3) is 0 Å². The third-order valence-corrected chi connectivity index (χ3v) is 2.52. The Balaban J connectivity index is 2.50. The summed E-state index contributed by atoms with van der Waals surface area (Å²) in [6, 6.07) is 0.632. The summed E-state index contributed by atoms with van der Waals surface area (Å²) in [6.07, 6.45) is 0. The summed E-state index contributed by atoms with van der Waals surface area (Å²) in [6.45, 7) is 14.3. The molecule has 0 amide bonds. The van der Waals surface area contributed by atoms with Gasteiger partial charge in [-0.2, -0.15) is 0 Å². The lowest BCUT2D eigenvalue weighted by atomic mass is 10.2. The Morgan fingerprint density at radius 1 is 1.17 bits per heavy atom. The van der Waals surface area contributed by atoms with Crippen molar-refractivity contribution < 1.29 is 4.42 Å². The summed E-state index contributed by atoms with van der Waals surface area (Å²) < 4.78 is 5.66. The van der Waals surface area contributed by atoms with Crippen molar-refractivity contribution in [2.24, 2.45) is 11.8 Å². The van der Waals surface area contributed by atoms with Crippen molar-refractivity contribution in [1.82, 2.24) is 15.5 Å². The number of nitrogens with zero attached hydrogens (tertiary/aromatic N) is 3. The summed E-state index contributed by atoms with van der Waals surface area (Å²) in [4.78, 5) is 2.11. The van der Waals surface area contributed by atoms with Crippen LogP contribution in [0, 0.1) is 11.8 Å². The molecule has 0 radical (unpaired) electrons. The molecular weight excluding hydrogens is 228 g/mol. The zero-order chi connectivity index (χ0) is 13.5. The molecule has 1 heterocycles. The molecule has 104 valence electrons. The summed E-state index contributed by atoms with van der Waals surface area (Å²) >= 11 is 0. The minimum atomic E-state index is 0.583. The lowest BCUT2D eigenvalue weighted by Gasteiger charge is -2.19. The topological polar surface area (TPSA) is 54.2 Å². The number of rotatable bonds is 8. The number of anilines is 1. The summed E-state index contributed by atoms with van der Waals surface area (Å²) in [5, 5.41) is 11.5. The smallest absolute Gasteiger partial charge is 0.318 e. The minimum absolute atomic E-state index is 0.583. The van der Waals surface area contributed by atoms with E-state index in [-0.39, 0.29) is 0 Å². The fraction of sp³-hybridized carbons (Fsp3) is 0.846. The molecule has 1 N–H and O–H groups in total. The van der Waals surface area contributed by atoms with Crippen LogP contribution < -0.4 is 10.2 Å². The number of hydrogen-bond acceptors (Lipinski definition) is 5. The minimum Gasteiger partial charge on any atom is -0.407 e. The second-order valence-corrected chi connectivity index (χ2v) is 5.44. The van der Waals surface area contributed by atoms with E-state index in [2.05, 4.69) is 55.0 Å². The van der Waals surface area contributed by atoms with Crippen LogP contribution in [0.5, 0.6) is 0 Å². The van der Waals surface area contributed by atoms with Crippen LogP contribution in [0.15, 0.2) is 4.42 Å². The van der Waals surface area contributed by atoms with Crippen LogP contribution in [-0.2, 0) is 6.54 Å². The van der Waals surface area contributed by atoms with E-state index in [0.717, 1.165) is 19.6 Å². The molecule has 1 rings (SSSR count). The first-order chi connectivity index (χ1) is 8.52. The van der Waals surface area contributed by atoms with Crippen molar-refractivity contribution in [2.75, 3.05) is 24.5 Å². The van der Waals surface area contributed by atoms with E-state index >= 15 is 0 Å². The molecule has 1 aromatic rings. The molecule has 5 nitrogen and oxygen atoms in total. The van der Waals surface area contributed by atoms with E-state index < -0.39 is 0 Å². The van der Waals surface area contributed by atoms with Crippen molar-refractivity contribution in [3.05, 3.63) is 5.89 Å². The van der Waals surface area contributed by atoms with Gasteiger partial charge in [0.15, 0.2) is 0 Å². The first-order valence-corrected chi connectivity index (χ1v) is 6.81. The van der Waals surface area contributed by atoms with E-state index in [0.29, 0.717) is 30.3 Å². The van der Waals surface area contributed by atoms with Gasteiger partial charge in [0, 0.05) is 13.1 Å². The molecule has 5 heteroatoms. The lowest BCUT2D eigenvalue weighted by molar-refractivity contribution is 0.442. The predicted octanol–water partition coefficient (Wildman–Crippen LogP) is 2.30. The molecule has 0 aliphatic heterocycles. The molecule has 0 atom stereocenters. The van der Waals surface area contributed by atoms with Crippen LogP contribution in [0.1, 0.15) is 40.5 Å². The first kappa shape index (κ1) is 15.0. The SMILES string of the molecule is CCN(CC(C)C)c1nnc(CNCC(C)C)o1. The standard InChI is InChI=1S/C13H26N4O/c1-6-17(9-11(4)5)13-16-15-12(18-13)8-14-7-10(2)3/h10-11,14H,6-9H2,1-5H3. The molecule has 0 aliphatic carbocycles. The molecule has 0 saturated carbocycles. The van der Waals surface area contributed by atoms with Crippen LogP contribution in [0.3, 0.4) is 0 Å². The number of aromatic nitrogens is 2.